The van der Waals surface area contributed by atoms with Crippen LogP contribution in [0.25, 0.3) is 0 Å². The molecule has 0 aliphatic rings. The number of ether oxygens (including phenoxy) is 1. The highest BCUT2D eigenvalue weighted by molar-refractivity contribution is 7.90. The third kappa shape index (κ3) is 4.56. The summed E-state index contributed by atoms with van der Waals surface area (Å²) in [5.74, 6) is -36.5. The van der Waals surface area contributed by atoms with Crippen LogP contribution in [-0.4, -0.2) is 73.0 Å². The van der Waals surface area contributed by atoms with E-state index in [0.717, 1.165) is 0 Å². The molecule has 0 aromatic rings. The molecule has 23 heteroatoms. The van der Waals surface area contributed by atoms with Crippen molar-refractivity contribution in [2.45, 2.75) is 60.6 Å². The Balaban J connectivity index is 6.85. The summed E-state index contributed by atoms with van der Waals surface area (Å²) in [7, 11) is -9.70. The Hall–Kier alpha value is -1.81. The van der Waals surface area contributed by atoms with Gasteiger partial charge in [0.2, 0.25) is 0 Å². The summed E-state index contributed by atoms with van der Waals surface area (Å²) < 4.78 is 246. The minimum Gasteiger partial charge on any atom is -0.395 e. The van der Waals surface area contributed by atoms with E-state index in [9.17, 15) is 87.8 Å². The van der Waals surface area contributed by atoms with Crippen molar-refractivity contribution < 1.29 is 92.6 Å². The summed E-state index contributed by atoms with van der Waals surface area (Å²) in [6.45, 7) is 0.644. The molecule has 0 aromatic carbocycles. The molecule has 0 aliphatic carbocycles. The SMILES string of the molecule is CCC(=O)OC(F)(F)C(F)(F)N(C)S(=O)(=O)C(F)(F)C(F)(F)C(F)(F)C(F)(F)C(F)(F)C(F)(F)F. The van der Waals surface area contributed by atoms with Gasteiger partial charge in [-0.25, -0.2) is 8.42 Å². The summed E-state index contributed by atoms with van der Waals surface area (Å²) in [6.07, 6.45) is -15.6. The molecule has 0 heterocycles. The van der Waals surface area contributed by atoms with E-state index >= 15 is 0 Å². The van der Waals surface area contributed by atoms with Crippen molar-refractivity contribution in [2.75, 3.05) is 7.05 Å². The summed E-state index contributed by atoms with van der Waals surface area (Å²) in [5.41, 5.74) is 0. The molecule has 0 fully saturated rings. The van der Waals surface area contributed by atoms with Gasteiger partial charge in [-0.15, -0.1) is 4.31 Å². The first-order valence-electron chi connectivity index (χ1n) is 7.78. The van der Waals surface area contributed by atoms with E-state index in [1.54, 1.807) is 0 Å². The predicted molar refractivity (Wildman–Crippen MR) is 73.7 cm³/mol. The van der Waals surface area contributed by atoms with Gasteiger partial charge in [0, 0.05) is 13.5 Å². The van der Waals surface area contributed by atoms with E-state index in [-0.39, 0.29) is 0 Å². The van der Waals surface area contributed by atoms with Gasteiger partial charge in [0.05, 0.1) is 0 Å². The number of carbonyl (C=O) groups is 1. The number of hydrogen-bond donors (Lipinski definition) is 0. The first-order valence-corrected chi connectivity index (χ1v) is 9.22. The molecule has 5 nitrogen and oxygen atoms in total. The Labute approximate surface area is 181 Å². The highest BCUT2D eigenvalue weighted by Gasteiger charge is 2.93. The highest BCUT2D eigenvalue weighted by atomic mass is 32.2. The van der Waals surface area contributed by atoms with Crippen LogP contribution in [0.1, 0.15) is 13.3 Å². The fourth-order valence-electron chi connectivity index (χ4n) is 1.70. The number of esters is 1. The minimum absolute atomic E-state index is 0.644. The Morgan fingerprint density at radius 3 is 1.34 bits per heavy atom. The van der Waals surface area contributed by atoms with Crippen LogP contribution in [0.15, 0.2) is 0 Å². The van der Waals surface area contributed by atoms with Crippen molar-refractivity contribution in [3.63, 3.8) is 0 Å². The lowest BCUT2D eigenvalue weighted by molar-refractivity contribution is -0.433. The minimum atomic E-state index is -8.71. The number of rotatable bonds is 10. The third-order valence-corrected chi connectivity index (χ3v) is 5.72. The number of halogens is 17. The van der Waals surface area contributed by atoms with E-state index in [1.807, 2.05) is 0 Å². The topological polar surface area (TPSA) is 63.7 Å². The third-order valence-electron chi connectivity index (χ3n) is 3.87. The lowest BCUT2D eigenvalue weighted by Crippen LogP contribution is -2.72. The zero-order chi connectivity index (χ0) is 29.1. The number of hydrogen-bond acceptors (Lipinski definition) is 4. The molecule has 0 aliphatic heterocycles. The van der Waals surface area contributed by atoms with Gasteiger partial charge in [-0.3, -0.25) is 4.79 Å². The summed E-state index contributed by atoms with van der Waals surface area (Å²) in [4.78, 5) is 10.7. The molecule has 0 atom stereocenters. The largest absolute Gasteiger partial charge is 0.483 e. The normalized spacial score (nSPS) is 16.0. The fourth-order valence-corrected chi connectivity index (χ4v) is 2.90. The van der Waals surface area contributed by atoms with Crippen molar-refractivity contribution in [1.29, 1.82) is 0 Å². The second-order valence-electron chi connectivity index (χ2n) is 6.17. The molecule has 35 heavy (non-hydrogen) atoms. The second kappa shape index (κ2) is 8.64. The number of carbonyl (C=O) groups excluding carboxylic acids is 1. The Morgan fingerprint density at radius 2 is 1.03 bits per heavy atom. The molecule has 0 unspecified atom stereocenters. The van der Waals surface area contributed by atoms with E-state index in [1.165, 1.54) is 0 Å². The molecule has 210 valence electrons. The quantitative estimate of drug-likeness (QED) is 0.204. The Morgan fingerprint density at radius 1 is 0.686 bits per heavy atom. The van der Waals surface area contributed by atoms with Crippen LogP contribution < -0.4 is 0 Å². The van der Waals surface area contributed by atoms with Crippen molar-refractivity contribution in [3.05, 3.63) is 0 Å². The molecule has 0 radical (unpaired) electrons. The molecule has 0 bridgehead atoms. The Bertz CT molecular complexity index is 911. The van der Waals surface area contributed by atoms with Crippen molar-refractivity contribution >= 4 is 16.0 Å². The molecule has 0 spiro atoms. The van der Waals surface area contributed by atoms with Crippen molar-refractivity contribution in [1.82, 2.24) is 4.31 Å². The van der Waals surface area contributed by atoms with Crippen LogP contribution in [0.2, 0.25) is 0 Å². The first kappa shape index (κ1) is 33.2. The van der Waals surface area contributed by atoms with Gasteiger partial charge in [-0.05, 0) is 0 Å². The van der Waals surface area contributed by atoms with E-state index in [4.69, 9.17) is 0 Å². The summed E-state index contributed by atoms with van der Waals surface area (Å²) in [5, 5.41) is -8.21. The van der Waals surface area contributed by atoms with Gasteiger partial charge in [0.15, 0.2) is 0 Å². The average Bonchev–Trinajstić information content (AvgIpc) is 2.64. The molecule has 0 saturated carbocycles. The van der Waals surface area contributed by atoms with Crippen LogP contribution in [0.4, 0.5) is 74.6 Å². The molecular weight excluding hydrogens is 577 g/mol. The van der Waals surface area contributed by atoms with E-state index < -0.39 is 81.0 Å². The smallest absolute Gasteiger partial charge is 0.395 e. The summed E-state index contributed by atoms with van der Waals surface area (Å²) >= 11 is 0. The van der Waals surface area contributed by atoms with Gasteiger partial charge < -0.3 is 4.74 Å². The van der Waals surface area contributed by atoms with Crippen LogP contribution >= 0.6 is 0 Å². The number of sulfonamides is 1. The van der Waals surface area contributed by atoms with Gasteiger partial charge in [0.25, 0.3) is 10.0 Å². The number of nitrogens with zero attached hydrogens (tertiary/aromatic N) is 1. The second-order valence-corrected chi connectivity index (χ2v) is 8.18. The van der Waals surface area contributed by atoms with Gasteiger partial charge in [-0.1, -0.05) is 6.92 Å². The molecule has 0 rings (SSSR count). The average molecular weight is 585 g/mol. The van der Waals surface area contributed by atoms with Gasteiger partial charge >= 0.3 is 53.2 Å². The van der Waals surface area contributed by atoms with Crippen LogP contribution in [-0.2, 0) is 19.6 Å². The predicted octanol–water partition coefficient (Wildman–Crippen LogP) is 5.08. The van der Waals surface area contributed by atoms with Gasteiger partial charge in [0.1, 0.15) is 0 Å². The maximum absolute atomic E-state index is 13.8. The van der Waals surface area contributed by atoms with Crippen molar-refractivity contribution in [2.24, 2.45) is 0 Å². The molecule has 0 N–H and O–H groups in total. The zero-order valence-electron chi connectivity index (χ0n) is 16.1. The maximum atomic E-state index is 13.8. The van der Waals surface area contributed by atoms with Crippen molar-refractivity contribution in [3.8, 4) is 0 Å². The first-order chi connectivity index (χ1) is 14.9. The molecule has 0 amide bonds. The van der Waals surface area contributed by atoms with E-state index in [0.29, 0.717) is 6.92 Å². The Kier molecular flexibility index (Phi) is 8.20. The fraction of sp³-hybridized carbons (Fsp3) is 0.917. The summed E-state index contributed by atoms with van der Waals surface area (Å²) in [6, 6.07) is -6.89. The monoisotopic (exact) mass is 585 g/mol. The molecule has 0 aromatic heterocycles. The van der Waals surface area contributed by atoms with E-state index in [2.05, 4.69) is 4.74 Å². The van der Waals surface area contributed by atoms with Crippen LogP contribution in [0, 0.1) is 0 Å². The number of alkyl halides is 17. The maximum Gasteiger partial charge on any atom is 0.483 e. The molecular formula is C12H8F17NO4S. The molecule has 0 saturated heterocycles. The standard InChI is InChI=1S/C12H8F17NO4S/c1-3-4(31)34-11(26,27)10(24,25)30(2)35(32,33)12(28,29)8(19,20)6(15,16)5(13,14)7(17,18)9(21,22)23/h3H2,1-2H3. The van der Waals surface area contributed by atoms with Gasteiger partial charge in [-0.2, -0.15) is 74.6 Å². The number of likely N-dealkylation sites (N-methyl/N-ethyl adjacent to an activating group) is 1. The van der Waals surface area contributed by atoms with Crippen LogP contribution in [0.3, 0.4) is 0 Å². The lowest BCUT2D eigenvalue weighted by atomic mass is 9.98. The highest BCUT2D eigenvalue weighted by Crippen LogP contribution is 2.61. The van der Waals surface area contributed by atoms with Crippen LogP contribution in [0.5, 0.6) is 0 Å². The zero-order valence-corrected chi connectivity index (χ0v) is 16.9. The lowest BCUT2D eigenvalue weighted by Gasteiger charge is -2.40.